The summed E-state index contributed by atoms with van der Waals surface area (Å²) in [5, 5.41) is 16.0. The van der Waals surface area contributed by atoms with Crippen LogP contribution in [0.1, 0.15) is 30.9 Å². The Morgan fingerprint density at radius 2 is 1.77 bits per heavy atom. The van der Waals surface area contributed by atoms with E-state index in [0.717, 1.165) is 11.3 Å². The van der Waals surface area contributed by atoms with Crippen LogP contribution in [-0.4, -0.2) is 33.1 Å². The Labute approximate surface area is 181 Å². The van der Waals surface area contributed by atoms with Gasteiger partial charge < -0.3 is 10.2 Å². The van der Waals surface area contributed by atoms with Gasteiger partial charge in [-0.25, -0.2) is 4.98 Å². The molecule has 0 aliphatic heterocycles. The minimum Gasteiger partial charge on any atom is -0.347 e. The molecule has 0 bridgehead atoms. The third-order valence-electron chi connectivity index (χ3n) is 4.76. The van der Waals surface area contributed by atoms with Gasteiger partial charge in [-0.3, -0.25) is 14.3 Å². The molecule has 1 aromatic heterocycles. The predicted octanol–water partition coefficient (Wildman–Crippen LogP) is 2.86. The molecule has 0 spiro atoms. The van der Waals surface area contributed by atoms with Crippen molar-refractivity contribution in [3.63, 3.8) is 0 Å². The van der Waals surface area contributed by atoms with Gasteiger partial charge in [0.1, 0.15) is 12.7 Å². The van der Waals surface area contributed by atoms with Crippen LogP contribution in [0.4, 0.5) is 5.69 Å². The number of hydrogen-bond donors (Lipinski definition) is 1. The highest BCUT2D eigenvalue weighted by atomic mass is 16.2. The van der Waals surface area contributed by atoms with Crippen molar-refractivity contribution in [3.8, 4) is 6.07 Å². The first-order chi connectivity index (χ1) is 15.2. The van der Waals surface area contributed by atoms with Gasteiger partial charge in [0.15, 0.2) is 0 Å². The fourth-order valence-corrected chi connectivity index (χ4v) is 3.22. The topological polar surface area (TPSA) is 104 Å². The van der Waals surface area contributed by atoms with Crippen molar-refractivity contribution in [2.75, 3.05) is 11.4 Å². The molecule has 1 N–H and O–H groups in total. The second kappa shape index (κ2) is 11.3. The van der Waals surface area contributed by atoms with Crippen LogP contribution >= 0.6 is 0 Å². The Morgan fingerprint density at radius 1 is 1.06 bits per heavy atom. The van der Waals surface area contributed by atoms with Crippen LogP contribution in [0.3, 0.4) is 0 Å². The van der Waals surface area contributed by atoms with E-state index in [9.17, 15) is 9.59 Å². The first-order valence-corrected chi connectivity index (χ1v) is 10.1. The number of rotatable bonds is 10. The molecule has 2 amide bonds. The number of para-hydroxylation sites is 1. The second-order valence-corrected chi connectivity index (χ2v) is 6.94. The highest BCUT2D eigenvalue weighted by Gasteiger charge is 2.19. The lowest BCUT2D eigenvalue weighted by atomic mass is 10.1. The van der Waals surface area contributed by atoms with Crippen molar-refractivity contribution in [1.82, 2.24) is 20.1 Å². The van der Waals surface area contributed by atoms with Crippen LogP contribution in [0.5, 0.6) is 0 Å². The summed E-state index contributed by atoms with van der Waals surface area (Å²) < 4.78 is 1.65. The van der Waals surface area contributed by atoms with Gasteiger partial charge in [-0.1, -0.05) is 48.5 Å². The van der Waals surface area contributed by atoms with E-state index < -0.39 is 0 Å². The quantitative estimate of drug-likeness (QED) is 0.547. The van der Waals surface area contributed by atoms with E-state index in [0.29, 0.717) is 13.1 Å². The Bertz CT molecular complexity index is 1000. The summed E-state index contributed by atoms with van der Waals surface area (Å²) in [5.74, 6) is -0.417. The van der Waals surface area contributed by atoms with E-state index >= 15 is 0 Å². The minimum atomic E-state index is -0.297. The zero-order chi connectivity index (χ0) is 21.9. The minimum absolute atomic E-state index is 0.0510. The fraction of sp³-hybridized carbons (Fsp3) is 0.261. The first-order valence-electron chi connectivity index (χ1n) is 10.1. The summed E-state index contributed by atoms with van der Waals surface area (Å²) in [6.07, 6.45) is 3.37. The summed E-state index contributed by atoms with van der Waals surface area (Å²) in [6.45, 7) is 0.724. The molecule has 158 valence electrons. The first kappa shape index (κ1) is 21.7. The summed E-state index contributed by atoms with van der Waals surface area (Å²) in [5.41, 5.74) is 1.66. The molecule has 2 aromatic carbocycles. The van der Waals surface area contributed by atoms with E-state index in [-0.39, 0.29) is 37.1 Å². The van der Waals surface area contributed by atoms with Gasteiger partial charge in [0.2, 0.25) is 11.8 Å². The number of amides is 2. The molecule has 31 heavy (non-hydrogen) atoms. The van der Waals surface area contributed by atoms with Crippen LogP contribution in [0.15, 0.2) is 73.3 Å². The third-order valence-corrected chi connectivity index (χ3v) is 4.76. The molecule has 0 aliphatic carbocycles. The summed E-state index contributed by atoms with van der Waals surface area (Å²) in [7, 11) is 0. The van der Waals surface area contributed by atoms with Crippen molar-refractivity contribution in [2.45, 2.75) is 31.8 Å². The maximum absolute atomic E-state index is 12.8. The number of nitriles is 1. The molecule has 8 heteroatoms. The molecule has 3 aromatic rings. The van der Waals surface area contributed by atoms with E-state index in [1.807, 2.05) is 60.7 Å². The van der Waals surface area contributed by atoms with E-state index in [1.54, 1.807) is 15.9 Å². The van der Waals surface area contributed by atoms with Crippen LogP contribution < -0.4 is 10.2 Å². The zero-order valence-corrected chi connectivity index (χ0v) is 17.1. The molecule has 8 nitrogen and oxygen atoms in total. The Hall–Kier alpha value is -3.99. The zero-order valence-electron chi connectivity index (χ0n) is 17.1. The summed E-state index contributed by atoms with van der Waals surface area (Å²) >= 11 is 0. The molecular weight excluding hydrogens is 392 g/mol. The predicted molar refractivity (Wildman–Crippen MR) is 116 cm³/mol. The maximum Gasteiger partial charge on any atom is 0.227 e. The molecule has 0 saturated heterocycles. The van der Waals surface area contributed by atoms with Crippen LogP contribution in [-0.2, 0) is 16.1 Å². The van der Waals surface area contributed by atoms with Crippen LogP contribution in [0, 0.1) is 11.3 Å². The largest absolute Gasteiger partial charge is 0.347 e. The third kappa shape index (κ3) is 6.51. The number of nitrogens with zero attached hydrogens (tertiary/aromatic N) is 5. The van der Waals surface area contributed by atoms with Crippen LogP contribution in [0.2, 0.25) is 0 Å². The Balaban J connectivity index is 1.62. The molecular formula is C23H24N6O2. The van der Waals surface area contributed by atoms with Crippen molar-refractivity contribution in [1.29, 1.82) is 5.26 Å². The number of carbonyl (C=O) groups is 2. The number of nitrogens with one attached hydrogen (secondary N) is 1. The number of anilines is 1. The van der Waals surface area contributed by atoms with Gasteiger partial charge in [-0.15, -0.1) is 0 Å². The molecule has 3 rings (SSSR count). The lowest BCUT2D eigenvalue weighted by molar-refractivity contribution is -0.125. The van der Waals surface area contributed by atoms with Gasteiger partial charge in [0, 0.05) is 25.1 Å². The normalized spacial score (nSPS) is 11.3. The number of hydrogen-bond acceptors (Lipinski definition) is 5. The average molecular weight is 416 g/mol. The smallest absolute Gasteiger partial charge is 0.227 e. The Morgan fingerprint density at radius 3 is 2.42 bits per heavy atom. The van der Waals surface area contributed by atoms with Gasteiger partial charge in [0.05, 0.1) is 25.1 Å². The Kier molecular flexibility index (Phi) is 7.89. The summed E-state index contributed by atoms with van der Waals surface area (Å²) in [6, 6.07) is 20.5. The average Bonchev–Trinajstić information content (AvgIpc) is 3.32. The van der Waals surface area contributed by atoms with E-state index in [2.05, 4.69) is 21.5 Å². The molecule has 1 heterocycles. The van der Waals surface area contributed by atoms with Crippen LogP contribution in [0.25, 0.3) is 0 Å². The van der Waals surface area contributed by atoms with Gasteiger partial charge >= 0.3 is 0 Å². The lowest BCUT2D eigenvalue weighted by Gasteiger charge is -2.22. The van der Waals surface area contributed by atoms with E-state index in [4.69, 9.17) is 5.26 Å². The fourth-order valence-electron chi connectivity index (χ4n) is 3.22. The standard InChI is InChI=1S/C23H24N6O2/c24-14-7-15-29(20-10-5-2-6-11-20)23(31)13-12-22(30)27-21(16-28-18-25-17-26-28)19-8-3-1-4-9-19/h1-6,8-11,17-18,21H,7,12-13,15-16H2,(H,27,30). The van der Waals surface area contributed by atoms with Gasteiger partial charge in [-0.2, -0.15) is 10.4 Å². The van der Waals surface area contributed by atoms with Crippen molar-refractivity contribution < 1.29 is 9.59 Å². The molecule has 0 fully saturated rings. The number of carbonyl (C=O) groups excluding carboxylic acids is 2. The number of benzene rings is 2. The molecule has 1 atom stereocenters. The van der Waals surface area contributed by atoms with Gasteiger partial charge in [0.25, 0.3) is 0 Å². The molecule has 0 radical (unpaired) electrons. The molecule has 0 aliphatic rings. The lowest BCUT2D eigenvalue weighted by Crippen LogP contribution is -2.35. The summed E-state index contributed by atoms with van der Waals surface area (Å²) in [4.78, 5) is 30.9. The highest BCUT2D eigenvalue weighted by Crippen LogP contribution is 2.17. The molecule has 1 unspecified atom stereocenters. The number of aromatic nitrogens is 3. The van der Waals surface area contributed by atoms with Crippen molar-refractivity contribution >= 4 is 17.5 Å². The van der Waals surface area contributed by atoms with Gasteiger partial charge in [-0.05, 0) is 17.7 Å². The monoisotopic (exact) mass is 416 g/mol. The highest BCUT2D eigenvalue weighted by molar-refractivity contribution is 5.95. The second-order valence-electron chi connectivity index (χ2n) is 6.94. The maximum atomic E-state index is 12.8. The van der Waals surface area contributed by atoms with E-state index in [1.165, 1.54) is 6.33 Å². The SMILES string of the molecule is N#CCCN(C(=O)CCC(=O)NC(Cn1cncn1)c1ccccc1)c1ccccc1. The van der Waals surface area contributed by atoms with Crippen molar-refractivity contribution in [3.05, 3.63) is 78.9 Å². The van der Waals surface area contributed by atoms with Crippen molar-refractivity contribution in [2.24, 2.45) is 0 Å². The molecule has 0 saturated carbocycles.